The number of carbonyl (C=O) groups excluding carboxylic acids is 2. The molecule has 20 heteroatoms. The third-order valence-electron chi connectivity index (χ3n) is 7.43. The van der Waals surface area contributed by atoms with Gasteiger partial charge in [-0.1, -0.05) is 12.1 Å². The van der Waals surface area contributed by atoms with Gasteiger partial charge in [0.05, 0.1) is 15.5 Å². The van der Waals surface area contributed by atoms with E-state index in [1.54, 1.807) is 0 Å². The summed E-state index contributed by atoms with van der Waals surface area (Å²) in [7, 11) is -14.1. The van der Waals surface area contributed by atoms with Gasteiger partial charge in [-0.2, -0.15) is 30.4 Å². The summed E-state index contributed by atoms with van der Waals surface area (Å²) < 4.78 is 99.1. The number of hydrogen-bond donors (Lipinski definition) is 7. The standard InChI is InChI=1S/C31H22N4O12S3.Na/c36-27-15-24(49(42,43)44)13-18-10-20(4-7-25(18)27)32-31(38)33-21-5-8-26-19(11-21)14-28(50(45,46)47)29(30(26)37)35-34-22-3-1-17-12-23(48(39,40)41)6-2-16(17)9-22;/h1-15,34,36H,(H2,32,33,38)(H,39,40,41)(H,42,43,44)(H,45,46,47);/q;+1/b35-29+;. The minimum atomic E-state index is -5.00. The van der Waals surface area contributed by atoms with Gasteiger partial charge in [-0.3, -0.25) is 23.9 Å². The van der Waals surface area contributed by atoms with Crippen molar-refractivity contribution in [1.29, 1.82) is 0 Å². The van der Waals surface area contributed by atoms with Crippen molar-refractivity contribution in [3.63, 3.8) is 0 Å². The van der Waals surface area contributed by atoms with Crippen molar-refractivity contribution in [2.24, 2.45) is 5.10 Å². The molecule has 0 heterocycles. The molecule has 5 aromatic carbocycles. The predicted octanol–water partition coefficient (Wildman–Crippen LogP) is 1.73. The van der Waals surface area contributed by atoms with Crippen LogP contribution >= 0.6 is 0 Å². The molecule has 0 spiro atoms. The van der Waals surface area contributed by atoms with Crippen molar-refractivity contribution in [2.45, 2.75) is 9.79 Å². The number of nitrogens with zero attached hydrogens (tertiary/aromatic N) is 1. The number of allylic oxidation sites excluding steroid dienone is 1. The van der Waals surface area contributed by atoms with Crippen molar-refractivity contribution in [3.05, 3.63) is 101 Å². The van der Waals surface area contributed by atoms with Gasteiger partial charge < -0.3 is 15.7 Å². The van der Waals surface area contributed by atoms with E-state index >= 15 is 0 Å². The Morgan fingerprint density at radius 3 is 1.86 bits per heavy atom. The second-order valence-corrected chi connectivity index (χ2v) is 15.1. The molecule has 0 saturated heterocycles. The molecular weight excluding hydrogens is 740 g/mol. The molecule has 1 aliphatic carbocycles. The average Bonchev–Trinajstić information content (AvgIpc) is 3.02. The monoisotopic (exact) mass is 761 g/mol. The minimum Gasteiger partial charge on any atom is -0.507 e. The Hall–Kier alpha value is -4.70. The summed E-state index contributed by atoms with van der Waals surface area (Å²) in [6, 6.07) is 17.6. The molecule has 0 unspecified atom stereocenters. The van der Waals surface area contributed by atoms with Crippen molar-refractivity contribution in [1.82, 2.24) is 0 Å². The van der Waals surface area contributed by atoms with Gasteiger partial charge >= 0.3 is 35.6 Å². The zero-order chi connectivity index (χ0) is 36.2. The first kappa shape index (κ1) is 37.6. The Morgan fingerprint density at radius 2 is 1.20 bits per heavy atom. The topological polar surface area (TPSA) is 266 Å². The first-order valence-corrected chi connectivity index (χ1v) is 18.2. The molecule has 5 aromatic rings. The number of aromatic hydroxyl groups is 1. The zero-order valence-corrected chi connectivity index (χ0v) is 30.3. The number of phenolic OH excluding ortho intramolecular Hbond substituents is 1. The summed E-state index contributed by atoms with van der Waals surface area (Å²) in [5.74, 6) is -1.29. The fourth-order valence-electron chi connectivity index (χ4n) is 5.14. The number of phenols is 1. The van der Waals surface area contributed by atoms with Crippen LogP contribution in [0.2, 0.25) is 0 Å². The van der Waals surface area contributed by atoms with E-state index in [9.17, 15) is 53.6 Å². The number of urea groups is 1. The number of benzene rings is 5. The van der Waals surface area contributed by atoms with Gasteiger partial charge in [0.1, 0.15) is 10.7 Å². The number of anilines is 3. The maximum Gasteiger partial charge on any atom is 1.00 e. The van der Waals surface area contributed by atoms with E-state index in [0.29, 0.717) is 10.8 Å². The van der Waals surface area contributed by atoms with Crippen LogP contribution in [0.25, 0.3) is 27.6 Å². The smallest absolute Gasteiger partial charge is 0.507 e. The van der Waals surface area contributed by atoms with E-state index in [2.05, 4.69) is 21.2 Å². The molecule has 0 aliphatic heterocycles. The summed E-state index contributed by atoms with van der Waals surface area (Å²) in [4.78, 5) is 24.5. The Bertz CT molecular complexity index is 2720. The fraction of sp³-hybridized carbons (Fsp3) is 0. The molecule has 1 aliphatic rings. The number of hydrogen-bond acceptors (Lipinski definition) is 11. The molecule has 7 N–H and O–H groups in total. The van der Waals surface area contributed by atoms with Crippen LogP contribution < -0.4 is 45.6 Å². The van der Waals surface area contributed by atoms with Crippen molar-refractivity contribution < 1.29 is 83.2 Å². The summed E-state index contributed by atoms with van der Waals surface area (Å²) in [5, 5.41) is 20.5. The number of carbonyl (C=O) groups is 2. The first-order chi connectivity index (χ1) is 23.4. The fourth-order valence-corrected chi connectivity index (χ4v) is 6.85. The number of rotatable bonds is 7. The molecule has 2 amide bonds. The molecule has 6 rings (SSSR count). The van der Waals surface area contributed by atoms with Crippen molar-refractivity contribution >= 4 is 92.6 Å². The summed E-state index contributed by atoms with van der Waals surface area (Å²) in [6.07, 6.45) is 0.996. The number of hydrazone groups is 1. The SMILES string of the molecule is O=C(Nc1ccc2c(c1)C=C(S(=O)(=O)O)/C(=N\Nc1ccc3cc(S(=O)(=O)O)ccc3c1)C2=O)Nc1ccc2c(O)cc(S(=O)(=O)O)cc2c1.[Na+]. The number of Topliss-reactive ketones (excluding diaryl/α,β-unsaturated/α-hetero) is 1. The van der Waals surface area contributed by atoms with E-state index in [1.165, 1.54) is 72.8 Å². The summed E-state index contributed by atoms with van der Waals surface area (Å²) in [5.41, 5.74) is 2.49. The molecular formula is C31H22N4NaO12S3+. The van der Waals surface area contributed by atoms with Crippen molar-refractivity contribution in [3.8, 4) is 5.75 Å². The van der Waals surface area contributed by atoms with Crippen LogP contribution in [-0.2, 0) is 30.4 Å². The van der Waals surface area contributed by atoms with Gasteiger partial charge in [-0.05, 0) is 94.5 Å². The van der Waals surface area contributed by atoms with Crippen molar-refractivity contribution in [2.75, 3.05) is 16.1 Å². The van der Waals surface area contributed by atoms with E-state index in [1.807, 2.05) is 0 Å². The van der Waals surface area contributed by atoms with E-state index in [0.717, 1.165) is 18.2 Å². The van der Waals surface area contributed by atoms with E-state index in [4.69, 9.17) is 0 Å². The van der Waals surface area contributed by atoms with Gasteiger partial charge in [0.25, 0.3) is 30.4 Å². The van der Waals surface area contributed by atoms with Crippen LogP contribution in [0, 0.1) is 0 Å². The Morgan fingerprint density at radius 1 is 0.627 bits per heavy atom. The normalized spacial score (nSPS) is 14.1. The average molecular weight is 762 g/mol. The summed E-state index contributed by atoms with van der Waals surface area (Å²) in [6.45, 7) is 0. The summed E-state index contributed by atoms with van der Waals surface area (Å²) >= 11 is 0. The zero-order valence-electron chi connectivity index (χ0n) is 25.9. The molecule has 256 valence electrons. The molecule has 0 atom stereocenters. The maximum atomic E-state index is 13.4. The molecule has 0 aromatic heterocycles. The van der Waals surface area contributed by atoms with Crippen LogP contribution in [0.1, 0.15) is 15.9 Å². The van der Waals surface area contributed by atoms with E-state index < -0.39 is 63.4 Å². The molecule has 0 radical (unpaired) electrons. The van der Waals surface area contributed by atoms with Crippen LogP contribution in [0.4, 0.5) is 21.9 Å². The predicted molar refractivity (Wildman–Crippen MR) is 183 cm³/mol. The molecule has 51 heavy (non-hydrogen) atoms. The third-order valence-corrected chi connectivity index (χ3v) is 9.98. The number of ketones is 1. The largest absolute Gasteiger partial charge is 1.00 e. The van der Waals surface area contributed by atoms with Gasteiger partial charge in [-0.15, -0.1) is 0 Å². The van der Waals surface area contributed by atoms with Crippen LogP contribution in [0.15, 0.2) is 105 Å². The Balaban J connectivity index is 0.00000504. The number of amides is 2. The van der Waals surface area contributed by atoms with Gasteiger partial charge in [0, 0.05) is 28.4 Å². The quantitative estimate of drug-likeness (QED) is 0.0709. The van der Waals surface area contributed by atoms with Crippen LogP contribution in [-0.4, -0.2) is 61.5 Å². The Labute approximate surface area is 311 Å². The molecule has 0 bridgehead atoms. The second-order valence-electron chi connectivity index (χ2n) is 10.8. The minimum absolute atomic E-state index is 0. The van der Waals surface area contributed by atoms with E-state index in [-0.39, 0.29) is 73.4 Å². The first-order valence-electron chi connectivity index (χ1n) is 13.9. The second kappa shape index (κ2) is 13.8. The number of nitrogens with one attached hydrogen (secondary N) is 3. The molecule has 16 nitrogen and oxygen atoms in total. The van der Waals surface area contributed by atoms with Gasteiger partial charge in [-0.25, -0.2) is 4.79 Å². The Kier molecular flexibility index (Phi) is 10.2. The molecule has 0 fully saturated rings. The van der Waals surface area contributed by atoms with Crippen LogP contribution in [0.5, 0.6) is 5.75 Å². The third kappa shape index (κ3) is 8.12. The number of fused-ring (bicyclic) bond motifs is 3. The van der Waals surface area contributed by atoms with Gasteiger partial charge in [0.2, 0.25) is 5.78 Å². The van der Waals surface area contributed by atoms with Crippen LogP contribution in [0.3, 0.4) is 0 Å². The molecule has 0 saturated carbocycles. The van der Waals surface area contributed by atoms with Gasteiger partial charge in [0.15, 0.2) is 5.71 Å². The maximum absolute atomic E-state index is 13.4.